The van der Waals surface area contributed by atoms with Gasteiger partial charge in [-0.2, -0.15) is 5.10 Å². The minimum absolute atomic E-state index is 0.0335. The first-order chi connectivity index (χ1) is 12.1. The molecule has 0 unspecified atom stereocenters. The summed E-state index contributed by atoms with van der Waals surface area (Å²) in [5.74, 6) is 1.52. The third-order valence-electron chi connectivity index (χ3n) is 4.72. The standard InChI is InChI=1S/C19H26N4O2/c1-4-23(13-17-10-5-6-11-25-17)19(24)16-9-7-8-15(12-16)18-20-14(2)22(3)21-18/h7-9,12,17H,4-6,10-11,13H2,1-3H3/t17-/m1/s1. The molecule has 0 aliphatic carbocycles. The van der Waals surface area contributed by atoms with Crippen LogP contribution < -0.4 is 0 Å². The van der Waals surface area contributed by atoms with Crippen molar-refractivity contribution in [3.8, 4) is 11.4 Å². The zero-order valence-corrected chi connectivity index (χ0v) is 15.2. The highest BCUT2D eigenvalue weighted by Crippen LogP contribution is 2.19. The highest BCUT2D eigenvalue weighted by molar-refractivity contribution is 5.95. The molecule has 6 heteroatoms. The van der Waals surface area contributed by atoms with Gasteiger partial charge in [0.1, 0.15) is 5.82 Å². The van der Waals surface area contributed by atoms with E-state index < -0.39 is 0 Å². The average molecular weight is 342 g/mol. The first kappa shape index (κ1) is 17.6. The van der Waals surface area contributed by atoms with Gasteiger partial charge in [-0.1, -0.05) is 12.1 Å². The van der Waals surface area contributed by atoms with E-state index in [1.54, 1.807) is 4.68 Å². The maximum Gasteiger partial charge on any atom is 0.253 e. The molecule has 134 valence electrons. The van der Waals surface area contributed by atoms with Crippen molar-refractivity contribution in [1.29, 1.82) is 0 Å². The summed E-state index contributed by atoms with van der Waals surface area (Å²) in [5, 5.41) is 4.40. The third kappa shape index (κ3) is 4.07. The number of aromatic nitrogens is 3. The maximum absolute atomic E-state index is 12.9. The smallest absolute Gasteiger partial charge is 0.253 e. The van der Waals surface area contributed by atoms with E-state index in [1.165, 1.54) is 6.42 Å². The number of amides is 1. The number of carbonyl (C=O) groups is 1. The van der Waals surface area contributed by atoms with Gasteiger partial charge >= 0.3 is 0 Å². The number of benzene rings is 1. The van der Waals surface area contributed by atoms with Crippen LogP contribution in [0.4, 0.5) is 0 Å². The molecule has 0 saturated carbocycles. The Bertz CT molecular complexity index is 715. The van der Waals surface area contributed by atoms with Crippen molar-refractivity contribution in [3.63, 3.8) is 0 Å². The van der Waals surface area contributed by atoms with E-state index in [1.807, 2.05) is 50.1 Å². The molecule has 0 spiro atoms. The van der Waals surface area contributed by atoms with Crippen molar-refractivity contribution in [2.45, 2.75) is 39.2 Å². The monoisotopic (exact) mass is 342 g/mol. The number of nitrogens with zero attached hydrogens (tertiary/aromatic N) is 4. The lowest BCUT2D eigenvalue weighted by atomic mass is 10.1. The summed E-state index contributed by atoms with van der Waals surface area (Å²) < 4.78 is 7.53. The maximum atomic E-state index is 12.9. The highest BCUT2D eigenvalue weighted by Gasteiger charge is 2.22. The Kier molecular flexibility index (Phi) is 5.48. The van der Waals surface area contributed by atoms with Crippen LogP contribution in [0, 0.1) is 6.92 Å². The van der Waals surface area contributed by atoms with Crippen molar-refractivity contribution in [1.82, 2.24) is 19.7 Å². The van der Waals surface area contributed by atoms with E-state index in [2.05, 4.69) is 10.1 Å². The van der Waals surface area contributed by atoms with Crippen molar-refractivity contribution >= 4 is 5.91 Å². The fourth-order valence-corrected chi connectivity index (χ4v) is 3.11. The fraction of sp³-hybridized carbons (Fsp3) is 0.526. The molecule has 3 rings (SSSR count). The summed E-state index contributed by atoms with van der Waals surface area (Å²) >= 11 is 0. The second-order valence-corrected chi connectivity index (χ2v) is 6.52. The molecule has 1 aromatic heterocycles. The molecular weight excluding hydrogens is 316 g/mol. The lowest BCUT2D eigenvalue weighted by Crippen LogP contribution is -2.39. The fourth-order valence-electron chi connectivity index (χ4n) is 3.11. The van der Waals surface area contributed by atoms with Gasteiger partial charge in [0, 0.05) is 37.9 Å². The van der Waals surface area contributed by atoms with Crippen molar-refractivity contribution in [2.75, 3.05) is 19.7 Å². The Balaban J connectivity index is 1.77. The first-order valence-corrected chi connectivity index (χ1v) is 8.97. The van der Waals surface area contributed by atoms with E-state index in [0.717, 1.165) is 30.8 Å². The second kappa shape index (κ2) is 7.78. The van der Waals surface area contributed by atoms with Gasteiger partial charge < -0.3 is 9.64 Å². The molecule has 1 saturated heterocycles. The Morgan fingerprint density at radius 2 is 2.24 bits per heavy atom. The molecule has 1 amide bonds. The molecule has 1 fully saturated rings. The van der Waals surface area contributed by atoms with E-state index in [0.29, 0.717) is 24.5 Å². The van der Waals surface area contributed by atoms with Gasteiger partial charge in [-0.15, -0.1) is 0 Å². The van der Waals surface area contributed by atoms with E-state index in [-0.39, 0.29) is 12.0 Å². The van der Waals surface area contributed by atoms with Crippen LogP contribution >= 0.6 is 0 Å². The molecule has 0 radical (unpaired) electrons. The summed E-state index contributed by atoms with van der Waals surface area (Å²) in [6.07, 6.45) is 3.48. The molecule has 2 aromatic rings. The van der Waals surface area contributed by atoms with Crippen LogP contribution in [0.15, 0.2) is 24.3 Å². The van der Waals surface area contributed by atoms with Crippen molar-refractivity contribution in [2.24, 2.45) is 7.05 Å². The predicted molar refractivity (Wildman–Crippen MR) is 96.3 cm³/mol. The molecule has 1 aliphatic heterocycles. The van der Waals surface area contributed by atoms with Gasteiger partial charge in [-0.05, 0) is 45.2 Å². The molecule has 1 aromatic carbocycles. The number of likely N-dealkylation sites (N-methyl/N-ethyl adjacent to an activating group) is 1. The number of ether oxygens (including phenoxy) is 1. The van der Waals surface area contributed by atoms with Crippen molar-refractivity contribution < 1.29 is 9.53 Å². The molecule has 2 heterocycles. The molecule has 0 N–H and O–H groups in total. The SMILES string of the molecule is CCN(C[C@H]1CCCCO1)C(=O)c1cccc(-c2nc(C)n(C)n2)c1. The summed E-state index contributed by atoms with van der Waals surface area (Å²) in [7, 11) is 1.86. The molecular formula is C19H26N4O2. The van der Waals surface area contributed by atoms with Crippen LogP contribution in [0.3, 0.4) is 0 Å². The zero-order chi connectivity index (χ0) is 17.8. The average Bonchev–Trinajstić information content (AvgIpc) is 2.99. The summed E-state index contributed by atoms with van der Waals surface area (Å²) in [4.78, 5) is 19.2. The number of rotatable bonds is 5. The Labute approximate surface area is 148 Å². The minimum atomic E-state index is 0.0335. The van der Waals surface area contributed by atoms with Gasteiger partial charge in [0.2, 0.25) is 0 Å². The third-order valence-corrected chi connectivity index (χ3v) is 4.72. The van der Waals surface area contributed by atoms with Crippen LogP contribution in [0.5, 0.6) is 0 Å². The zero-order valence-electron chi connectivity index (χ0n) is 15.2. The predicted octanol–water partition coefficient (Wildman–Crippen LogP) is 2.82. The lowest BCUT2D eigenvalue weighted by Gasteiger charge is -2.29. The van der Waals surface area contributed by atoms with Crippen molar-refractivity contribution in [3.05, 3.63) is 35.7 Å². The van der Waals surface area contributed by atoms with Gasteiger partial charge in [0.15, 0.2) is 5.82 Å². The number of hydrogen-bond acceptors (Lipinski definition) is 4. The van der Waals surface area contributed by atoms with Crippen LogP contribution in [-0.4, -0.2) is 51.4 Å². The van der Waals surface area contributed by atoms with E-state index in [9.17, 15) is 4.79 Å². The highest BCUT2D eigenvalue weighted by atomic mass is 16.5. The van der Waals surface area contributed by atoms with Crippen LogP contribution in [0.25, 0.3) is 11.4 Å². The molecule has 25 heavy (non-hydrogen) atoms. The van der Waals surface area contributed by atoms with E-state index in [4.69, 9.17) is 4.74 Å². The normalized spacial score (nSPS) is 17.5. The molecule has 1 atom stereocenters. The topological polar surface area (TPSA) is 60.2 Å². The molecule has 0 bridgehead atoms. The number of carbonyl (C=O) groups excluding carboxylic acids is 1. The summed E-state index contributed by atoms with van der Waals surface area (Å²) in [5.41, 5.74) is 1.53. The minimum Gasteiger partial charge on any atom is -0.376 e. The largest absolute Gasteiger partial charge is 0.376 e. The van der Waals surface area contributed by atoms with E-state index >= 15 is 0 Å². The Hall–Kier alpha value is -2.21. The Morgan fingerprint density at radius 3 is 2.88 bits per heavy atom. The summed E-state index contributed by atoms with van der Waals surface area (Å²) in [6.45, 7) is 6.05. The van der Waals surface area contributed by atoms with Gasteiger partial charge in [-0.25, -0.2) is 4.98 Å². The molecule has 1 aliphatic rings. The van der Waals surface area contributed by atoms with Gasteiger partial charge in [0.05, 0.1) is 6.10 Å². The number of aryl methyl sites for hydroxylation is 2. The Morgan fingerprint density at radius 1 is 1.40 bits per heavy atom. The van der Waals surface area contributed by atoms with Gasteiger partial charge in [-0.3, -0.25) is 9.48 Å². The first-order valence-electron chi connectivity index (χ1n) is 8.97. The lowest BCUT2D eigenvalue weighted by molar-refractivity contribution is -0.00311. The second-order valence-electron chi connectivity index (χ2n) is 6.52. The van der Waals surface area contributed by atoms with Crippen LogP contribution in [-0.2, 0) is 11.8 Å². The van der Waals surface area contributed by atoms with Crippen LogP contribution in [0.1, 0.15) is 42.4 Å². The van der Waals surface area contributed by atoms with Crippen LogP contribution in [0.2, 0.25) is 0 Å². The summed E-state index contributed by atoms with van der Waals surface area (Å²) in [6, 6.07) is 7.55. The molecule has 6 nitrogen and oxygen atoms in total. The van der Waals surface area contributed by atoms with Gasteiger partial charge in [0.25, 0.3) is 5.91 Å². The quantitative estimate of drug-likeness (QED) is 0.838. The number of hydrogen-bond donors (Lipinski definition) is 0.